The van der Waals surface area contributed by atoms with Gasteiger partial charge in [-0.05, 0) is 64.7 Å². The van der Waals surface area contributed by atoms with Crippen molar-refractivity contribution >= 4 is 11.0 Å². The summed E-state index contributed by atoms with van der Waals surface area (Å²) in [5.41, 5.74) is 1.79. The summed E-state index contributed by atoms with van der Waals surface area (Å²) >= 11 is 0. The number of hydrogen-bond acceptors (Lipinski definition) is 5. The zero-order valence-corrected chi connectivity index (χ0v) is 25.0. The van der Waals surface area contributed by atoms with E-state index in [4.69, 9.17) is 9.88 Å². The summed E-state index contributed by atoms with van der Waals surface area (Å²) in [6.45, 7) is 19.0. The van der Waals surface area contributed by atoms with E-state index in [2.05, 4.69) is 56.3 Å². The zero-order valence-electron chi connectivity index (χ0n) is 24.2. The Hall–Kier alpha value is -1.93. The molecule has 0 aliphatic rings. The van der Waals surface area contributed by atoms with Crippen molar-refractivity contribution in [3.8, 4) is 5.75 Å². The molecule has 2 N–H and O–H groups in total. The maximum Gasteiger partial charge on any atom is 0.163 e. The van der Waals surface area contributed by atoms with Gasteiger partial charge in [0.05, 0.1) is 10.6 Å². The fraction of sp³-hybridized carbons (Fsp3) is 0.586. The molecular weight excluding hydrogens is 468 g/mol. The summed E-state index contributed by atoms with van der Waals surface area (Å²) in [7, 11) is 4.43. The largest absolute Gasteiger partial charge is 0.454 e. The number of rotatable bonds is 17. The molecule has 1 unspecified atom stereocenters. The molecule has 0 saturated heterocycles. The quantitative estimate of drug-likeness (QED) is 0.208. The van der Waals surface area contributed by atoms with Gasteiger partial charge in [-0.1, -0.05) is 65.3 Å². The van der Waals surface area contributed by atoms with Gasteiger partial charge in [-0.3, -0.25) is 0 Å². The lowest BCUT2D eigenvalue weighted by Gasteiger charge is -2.28. The van der Waals surface area contributed by atoms with Crippen LogP contribution in [0.15, 0.2) is 64.9 Å². The summed E-state index contributed by atoms with van der Waals surface area (Å²) in [6, 6.07) is 9.60. The molecule has 1 rings (SSSR count). The number of para-hydroxylation sites is 1. The van der Waals surface area contributed by atoms with E-state index in [1.165, 1.54) is 0 Å². The summed E-state index contributed by atoms with van der Waals surface area (Å²) < 4.78 is 19.2. The fourth-order valence-corrected chi connectivity index (χ4v) is 4.10. The predicted octanol–water partition coefficient (Wildman–Crippen LogP) is 5.78. The maximum absolute atomic E-state index is 12.8. The fourth-order valence-electron chi connectivity index (χ4n) is 3.44. The molecule has 0 amide bonds. The molecule has 0 aliphatic heterocycles. The molecule has 0 saturated carbocycles. The van der Waals surface area contributed by atoms with Gasteiger partial charge in [-0.15, -0.1) is 0 Å². The van der Waals surface area contributed by atoms with Crippen molar-refractivity contribution < 1.29 is 8.95 Å². The SMILES string of the molecule is C=C(/C=C(\C(Oc1ccccc1)=C(/C)N(CCCC)CCCC)S(N)=O)CN(C)CCN(C)C.CC. The van der Waals surface area contributed by atoms with Gasteiger partial charge in [0.25, 0.3) is 0 Å². The van der Waals surface area contributed by atoms with E-state index in [-0.39, 0.29) is 0 Å². The van der Waals surface area contributed by atoms with Crippen LogP contribution in [0.5, 0.6) is 5.75 Å². The Morgan fingerprint density at radius 3 is 2.03 bits per heavy atom. The van der Waals surface area contributed by atoms with Crippen molar-refractivity contribution in [2.75, 3.05) is 53.9 Å². The minimum absolute atomic E-state index is 0.463. The Kier molecular flexibility index (Phi) is 19.1. The van der Waals surface area contributed by atoms with Gasteiger partial charge in [-0.2, -0.15) is 0 Å². The Labute approximate surface area is 224 Å². The van der Waals surface area contributed by atoms with Crippen molar-refractivity contribution in [2.24, 2.45) is 5.14 Å². The zero-order chi connectivity index (χ0) is 27.5. The molecule has 0 aliphatic carbocycles. The first-order valence-corrected chi connectivity index (χ1v) is 14.5. The molecular formula is C29H52N4O2S. The van der Waals surface area contributed by atoms with Crippen LogP contribution in [0.25, 0.3) is 0 Å². The van der Waals surface area contributed by atoms with E-state index >= 15 is 0 Å². The van der Waals surface area contributed by atoms with E-state index in [0.29, 0.717) is 23.0 Å². The van der Waals surface area contributed by atoms with Crippen LogP contribution in [0.4, 0.5) is 0 Å². The van der Waals surface area contributed by atoms with Gasteiger partial charge in [-0.25, -0.2) is 9.35 Å². The number of likely N-dealkylation sites (N-methyl/N-ethyl adjacent to an activating group) is 2. The first-order valence-electron chi connectivity index (χ1n) is 13.3. The normalized spacial score (nSPS) is 13.1. The van der Waals surface area contributed by atoms with Gasteiger partial charge in [0, 0.05) is 32.7 Å². The number of ether oxygens (including phenoxy) is 1. The summed E-state index contributed by atoms with van der Waals surface area (Å²) in [5.74, 6) is 1.24. The Morgan fingerprint density at radius 1 is 1.00 bits per heavy atom. The van der Waals surface area contributed by atoms with Gasteiger partial charge in [0.2, 0.25) is 0 Å². The number of allylic oxidation sites excluding steroid dienone is 1. The van der Waals surface area contributed by atoms with Crippen molar-refractivity contribution in [3.63, 3.8) is 0 Å². The second kappa shape index (κ2) is 20.2. The smallest absolute Gasteiger partial charge is 0.163 e. The lowest BCUT2D eigenvalue weighted by molar-refractivity contribution is 0.299. The third-order valence-corrected chi connectivity index (χ3v) is 6.24. The molecule has 0 bridgehead atoms. The Morgan fingerprint density at radius 2 is 1.56 bits per heavy atom. The molecule has 1 aromatic carbocycles. The van der Waals surface area contributed by atoms with Gasteiger partial charge >= 0.3 is 0 Å². The lowest BCUT2D eigenvalue weighted by Crippen LogP contribution is -2.30. The molecule has 206 valence electrons. The third kappa shape index (κ3) is 14.0. The molecule has 0 fully saturated rings. The molecule has 0 spiro atoms. The second-order valence-electron chi connectivity index (χ2n) is 9.03. The van der Waals surface area contributed by atoms with E-state index in [0.717, 1.165) is 63.1 Å². The van der Waals surface area contributed by atoms with Crippen LogP contribution in [0.3, 0.4) is 0 Å². The van der Waals surface area contributed by atoms with E-state index < -0.39 is 11.0 Å². The monoisotopic (exact) mass is 520 g/mol. The van der Waals surface area contributed by atoms with Crippen molar-refractivity contribution in [1.82, 2.24) is 14.7 Å². The number of hydrogen-bond donors (Lipinski definition) is 1. The highest BCUT2D eigenvalue weighted by atomic mass is 32.2. The predicted molar refractivity (Wildman–Crippen MR) is 158 cm³/mol. The summed E-state index contributed by atoms with van der Waals surface area (Å²) in [6.07, 6.45) is 6.20. The average Bonchev–Trinajstić information content (AvgIpc) is 2.86. The van der Waals surface area contributed by atoms with Gasteiger partial charge in [0.1, 0.15) is 16.7 Å². The average molecular weight is 521 g/mol. The number of benzene rings is 1. The lowest BCUT2D eigenvalue weighted by atomic mass is 10.2. The third-order valence-electron chi connectivity index (χ3n) is 5.51. The van der Waals surface area contributed by atoms with Gasteiger partial charge < -0.3 is 19.4 Å². The summed E-state index contributed by atoms with van der Waals surface area (Å²) in [5, 5.41) is 6.02. The molecule has 0 aromatic heterocycles. The molecule has 7 heteroatoms. The van der Waals surface area contributed by atoms with Crippen molar-refractivity contribution in [3.05, 3.63) is 64.9 Å². The van der Waals surface area contributed by atoms with Crippen LogP contribution in [-0.4, -0.2) is 72.8 Å². The second-order valence-corrected chi connectivity index (χ2v) is 10.1. The molecule has 0 heterocycles. The van der Waals surface area contributed by atoms with Crippen LogP contribution in [0.1, 0.15) is 60.3 Å². The first kappa shape index (κ1) is 34.1. The van der Waals surface area contributed by atoms with E-state index in [1.807, 2.05) is 57.2 Å². The molecule has 1 atom stereocenters. The van der Waals surface area contributed by atoms with Crippen LogP contribution >= 0.6 is 0 Å². The molecule has 1 aromatic rings. The standard InChI is InChI=1S/C27H46N4O2S.C2H6/c1-8-10-17-31(18-11-9-2)24(4)27(33-25-15-13-12-14-16-25)26(34(28)32)21-23(3)22-30(7)20-19-29(5)6;1-2/h12-16,21H,3,8-11,17-20,22,28H2,1-2,4-7H3;1-2H3/b26-21+,27-24-;. The van der Waals surface area contributed by atoms with E-state index in [9.17, 15) is 4.21 Å². The minimum atomic E-state index is -1.74. The molecule has 36 heavy (non-hydrogen) atoms. The highest BCUT2D eigenvalue weighted by molar-refractivity contribution is 7.87. The Bertz CT molecular complexity index is 814. The highest BCUT2D eigenvalue weighted by Gasteiger charge is 2.21. The van der Waals surface area contributed by atoms with Crippen LogP contribution in [0, 0.1) is 0 Å². The topological polar surface area (TPSA) is 62.0 Å². The van der Waals surface area contributed by atoms with Crippen LogP contribution in [-0.2, 0) is 11.0 Å². The number of unbranched alkanes of at least 4 members (excludes halogenated alkanes) is 2. The van der Waals surface area contributed by atoms with Crippen LogP contribution < -0.4 is 9.88 Å². The first-order chi connectivity index (χ1) is 17.2. The van der Waals surface area contributed by atoms with Crippen molar-refractivity contribution in [2.45, 2.75) is 60.3 Å². The maximum atomic E-state index is 12.8. The number of nitrogens with two attached hydrogens (primary N) is 1. The van der Waals surface area contributed by atoms with Gasteiger partial charge in [0.15, 0.2) is 5.76 Å². The molecule has 0 radical (unpaired) electrons. The minimum Gasteiger partial charge on any atom is -0.454 e. The number of nitrogens with zero attached hydrogens (tertiary/aromatic N) is 3. The molecule has 6 nitrogen and oxygen atoms in total. The van der Waals surface area contributed by atoms with E-state index in [1.54, 1.807) is 0 Å². The Balaban J connectivity index is 0.00000596. The highest BCUT2D eigenvalue weighted by Crippen LogP contribution is 2.26. The summed E-state index contributed by atoms with van der Waals surface area (Å²) in [4.78, 5) is 7.14. The van der Waals surface area contributed by atoms with Crippen molar-refractivity contribution in [1.29, 1.82) is 0 Å². The van der Waals surface area contributed by atoms with Crippen LogP contribution in [0.2, 0.25) is 0 Å².